The number of fused-ring (bicyclic) bond motifs is 2. The number of hydrogen-bond acceptors (Lipinski definition) is 5. The lowest BCUT2D eigenvalue weighted by Crippen LogP contribution is -2.38. The third kappa shape index (κ3) is 2.80. The van der Waals surface area contributed by atoms with Crippen molar-refractivity contribution in [3.8, 4) is 0 Å². The summed E-state index contributed by atoms with van der Waals surface area (Å²) in [6, 6.07) is 7.59. The van der Waals surface area contributed by atoms with Crippen LogP contribution in [0.15, 0.2) is 40.2 Å². The standard InChI is InChI=1S/C17H17N7O3/c1-22-15-14(16(26)23(2)17(22)27)24(9-19-15)8-13(25)18-7-12-20-10-5-3-4-6-11(10)21-12/h3-6,9H,7-8H2,1-2H3,(H,18,25)(H,20,21). The largest absolute Gasteiger partial charge is 0.347 e. The smallest absolute Gasteiger partial charge is 0.332 e. The summed E-state index contributed by atoms with van der Waals surface area (Å²) in [5.41, 5.74) is 1.22. The molecule has 0 bridgehead atoms. The number of H-pyrrole nitrogens is 1. The SMILES string of the molecule is Cn1c(=O)c2c(ncn2CC(=O)NCc2nc3ccccc3[nH]2)n(C)c1=O. The highest BCUT2D eigenvalue weighted by molar-refractivity contribution is 5.79. The van der Waals surface area contributed by atoms with Crippen molar-refractivity contribution in [3.63, 3.8) is 0 Å². The summed E-state index contributed by atoms with van der Waals surface area (Å²) >= 11 is 0. The molecule has 0 aliphatic heterocycles. The van der Waals surface area contributed by atoms with Gasteiger partial charge in [-0.2, -0.15) is 0 Å². The quantitative estimate of drug-likeness (QED) is 0.510. The molecule has 10 nitrogen and oxygen atoms in total. The van der Waals surface area contributed by atoms with Crippen LogP contribution in [-0.2, 0) is 32.0 Å². The van der Waals surface area contributed by atoms with Gasteiger partial charge < -0.3 is 14.9 Å². The van der Waals surface area contributed by atoms with Crippen LogP contribution in [0.5, 0.6) is 0 Å². The number of hydrogen-bond donors (Lipinski definition) is 2. The summed E-state index contributed by atoms with van der Waals surface area (Å²) in [5.74, 6) is 0.337. The Morgan fingerprint density at radius 1 is 1.19 bits per heavy atom. The lowest BCUT2D eigenvalue weighted by atomic mass is 10.3. The first kappa shape index (κ1) is 16.8. The van der Waals surface area contributed by atoms with E-state index in [1.807, 2.05) is 24.3 Å². The number of aromatic amines is 1. The zero-order valence-corrected chi connectivity index (χ0v) is 14.8. The van der Waals surface area contributed by atoms with E-state index < -0.39 is 11.2 Å². The number of imidazole rings is 2. The molecular weight excluding hydrogens is 350 g/mol. The van der Waals surface area contributed by atoms with Crippen molar-refractivity contribution in [2.24, 2.45) is 14.1 Å². The van der Waals surface area contributed by atoms with Gasteiger partial charge in [0.2, 0.25) is 5.91 Å². The molecule has 2 N–H and O–H groups in total. The normalized spacial score (nSPS) is 11.3. The Bertz CT molecular complexity index is 1260. The van der Waals surface area contributed by atoms with E-state index >= 15 is 0 Å². The number of amides is 1. The van der Waals surface area contributed by atoms with E-state index in [9.17, 15) is 14.4 Å². The summed E-state index contributed by atoms with van der Waals surface area (Å²) in [6.45, 7) is 0.140. The lowest BCUT2D eigenvalue weighted by Gasteiger charge is -2.07. The molecular formula is C17H17N7O3. The van der Waals surface area contributed by atoms with Crippen molar-refractivity contribution in [3.05, 3.63) is 57.3 Å². The van der Waals surface area contributed by atoms with Gasteiger partial charge in [-0.05, 0) is 12.1 Å². The highest BCUT2D eigenvalue weighted by Crippen LogP contribution is 2.10. The summed E-state index contributed by atoms with van der Waals surface area (Å²) in [6.07, 6.45) is 1.38. The molecule has 10 heteroatoms. The second-order valence-electron chi connectivity index (χ2n) is 6.23. The second-order valence-corrected chi connectivity index (χ2v) is 6.23. The Morgan fingerprint density at radius 2 is 1.96 bits per heavy atom. The molecule has 0 radical (unpaired) electrons. The van der Waals surface area contributed by atoms with E-state index in [0.717, 1.165) is 15.6 Å². The van der Waals surface area contributed by atoms with Gasteiger partial charge in [0.1, 0.15) is 12.4 Å². The van der Waals surface area contributed by atoms with Crippen LogP contribution in [0.3, 0.4) is 0 Å². The van der Waals surface area contributed by atoms with Crippen LogP contribution in [0.25, 0.3) is 22.2 Å². The van der Waals surface area contributed by atoms with Gasteiger partial charge in [0, 0.05) is 14.1 Å². The maximum Gasteiger partial charge on any atom is 0.332 e. The number of carbonyl (C=O) groups is 1. The monoisotopic (exact) mass is 367 g/mol. The zero-order valence-electron chi connectivity index (χ0n) is 14.8. The molecule has 3 heterocycles. The Hall–Kier alpha value is -3.69. The lowest BCUT2D eigenvalue weighted by molar-refractivity contribution is -0.121. The Labute approximate surface area is 152 Å². The molecule has 0 saturated heterocycles. The van der Waals surface area contributed by atoms with Gasteiger partial charge in [-0.25, -0.2) is 14.8 Å². The minimum Gasteiger partial charge on any atom is -0.347 e. The number of carbonyl (C=O) groups excluding carboxylic acids is 1. The first-order valence-corrected chi connectivity index (χ1v) is 8.27. The van der Waals surface area contributed by atoms with Crippen LogP contribution >= 0.6 is 0 Å². The van der Waals surface area contributed by atoms with Crippen molar-refractivity contribution in [2.75, 3.05) is 0 Å². The Balaban J connectivity index is 1.54. The number of para-hydroxylation sites is 2. The van der Waals surface area contributed by atoms with E-state index in [2.05, 4.69) is 20.3 Å². The van der Waals surface area contributed by atoms with Crippen molar-refractivity contribution in [1.82, 2.24) is 34.0 Å². The van der Waals surface area contributed by atoms with Crippen LogP contribution in [0, 0.1) is 0 Å². The highest BCUT2D eigenvalue weighted by atomic mass is 16.2. The number of aromatic nitrogens is 6. The molecule has 0 unspecified atom stereocenters. The Morgan fingerprint density at radius 3 is 2.74 bits per heavy atom. The summed E-state index contributed by atoms with van der Waals surface area (Å²) < 4.78 is 3.71. The second kappa shape index (κ2) is 6.24. The van der Waals surface area contributed by atoms with Gasteiger partial charge in [-0.1, -0.05) is 12.1 Å². The van der Waals surface area contributed by atoms with Crippen LogP contribution in [-0.4, -0.2) is 34.6 Å². The fourth-order valence-corrected chi connectivity index (χ4v) is 3.00. The van der Waals surface area contributed by atoms with Gasteiger partial charge >= 0.3 is 5.69 Å². The molecule has 0 fully saturated rings. The van der Waals surface area contributed by atoms with E-state index in [0.29, 0.717) is 5.82 Å². The first-order valence-electron chi connectivity index (χ1n) is 8.27. The molecule has 0 aliphatic rings. The highest BCUT2D eigenvalue weighted by Gasteiger charge is 2.16. The maximum absolute atomic E-state index is 12.4. The summed E-state index contributed by atoms with van der Waals surface area (Å²) in [7, 11) is 2.92. The predicted molar refractivity (Wildman–Crippen MR) is 98.2 cm³/mol. The summed E-state index contributed by atoms with van der Waals surface area (Å²) in [5, 5.41) is 2.76. The molecule has 138 valence electrons. The minimum absolute atomic E-state index is 0.0931. The molecule has 27 heavy (non-hydrogen) atoms. The molecule has 0 aliphatic carbocycles. The topological polar surface area (TPSA) is 120 Å². The Kier molecular flexibility index (Phi) is 3.87. The number of nitrogens with one attached hydrogen (secondary N) is 2. The van der Waals surface area contributed by atoms with Gasteiger partial charge in [0.15, 0.2) is 11.2 Å². The third-order valence-corrected chi connectivity index (χ3v) is 4.42. The summed E-state index contributed by atoms with van der Waals surface area (Å²) in [4.78, 5) is 48.3. The van der Waals surface area contributed by atoms with Crippen LogP contribution < -0.4 is 16.6 Å². The molecule has 4 aromatic rings. The average Bonchev–Trinajstić information content (AvgIpc) is 3.26. The molecule has 0 saturated carbocycles. The number of rotatable bonds is 4. The van der Waals surface area contributed by atoms with E-state index in [-0.39, 0.29) is 30.2 Å². The van der Waals surface area contributed by atoms with Crippen molar-refractivity contribution in [1.29, 1.82) is 0 Å². The maximum atomic E-state index is 12.4. The van der Waals surface area contributed by atoms with Gasteiger partial charge in [0.25, 0.3) is 5.56 Å². The number of benzene rings is 1. The van der Waals surface area contributed by atoms with E-state index in [1.54, 1.807) is 0 Å². The predicted octanol–water partition coefficient (Wildman–Crippen LogP) is -0.374. The van der Waals surface area contributed by atoms with Crippen LogP contribution in [0.1, 0.15) is 5.82 Å². The number of aryl methyl sites for hydroxylation is 1. The van der Waals surface area contributed by atoms with Gasteiger partial charge in [-0.15, -0.1) is 0 Å². The van der Waals surface area contributed by atoms with Crippen molar-refractivity contribution < 1.29 is 4.79 Å². The fourth-order valence-electron chi connectivity index (χ4n) is 3.00. The molecule has 0 atom stereocenters. The fraction of sp³-hybridized carbons (Fsp3) is 0.235. The van der Waals surface area contributed by atoms with Gasteiger partial charge in [0.05, 0.1) is 23.9 Å². The number of nitrogens with zero attached hydrogens (tertiary/aromatic N) is 5. The van der Waals surface area contributed by atoms with Crippen LogP contribution in [0.2, 0.25) is 0 Å². The van der Waals surface area contributed by atoms with E-state index in [1.165, 1.54) is 29.6 Å². The van der Waals surface area contributed by atoms with Crippen molar-refractivity contribution >= 4 is 28.1 Å². The molecule has 0 spiro atoms. The molecule has 1 amide bonds. The van der Waals surface area contributed by atoms with Gasteiger partial charge in [-0.3, -0.25) is 18.7 Å². The minimum atomic E-state index is -0.490. The van der Waals surface area contributed by atoms with Crippen molar-refractivity contribution in [2.45, 2.75) is 13.1 Å². The van der Waals surface area contributed by atoms with E-state index in [4.69, 9.17) is 0 Å². The zero-order chi connectivity index (χ0) is 19.1. The first-order chi connectivity index (χ1) is 13.0. The molecule has 1 aromatic carbocycles. The third-order valence-electron chi connectivity index (χ3n) is 4.42. The average molecular weight is 367 g/mol. The molecule has 4 rings (SSSR count). The molecule has 3 aromatic heterocycles. The van der Waals surface area contributed by atoms with Crippen LogP contribution in [0.4, 0.5) is 0 Å².